The van der Waals surface area contributed by atoms with Crippen molar-refractivity contribution in [2.45, 2.75) is 33.4 Å². The van der Waals surface area contributed by atoms with Crippen molar-refractivity contribution >= 4 is 11.6 Å². The fourth-order valence-electron chi connectivity index (χ4n) is 1.89. The van der Waals surface area contributed by atoms with E-state index in [9.17, 15) is 5.11 Å². The van der Waals surface area contributed by atoms with E-state index in [-0.39, 0.29) is 5.92 Å². The first-order chi connectivity index (χ1) is 7.52. The van der Waals surface area contributed by atoms with Crippen LogP contribution in [-0.4, -0.2) is 21.4 Å². The van der Waals surface area contributed by atoms with Gasteiger partial charge >= 0.3 is 0 Å². The number of aliphatic hydroxyl groups excluding tert-OH is 1. The maximum absolute atomic E-state index is 10.3. The second-order valence-electron chi connectivity index (χ2n) is 4.28. The zero-order valence-corrected chi connectivity index (χ0v) is 10.8. The van der Waals surface area contributed by atoms with Gasteiger partial charge in [0.25, 0.3) is 0 Å². The highest BCUT2D eigenvalue weighted by Gasteiger charge is 2.27. The molecule has 0 saturated heterocycles. The molecule has 0 spiro atoms. The van der Waals surface area contributed by atoms with E-state index in [1.807, 2.05) is 20.8 Å². The Labute approximate surface area is 101 Å². The lowest BCUT2D eigenvalue weighted by atomic mass is 9.88. The molecule has 0 fully saturated rings. The molecule has 0 bridgehead atoms. The van der Waals surface area contributed by atoms with E-state index in [1.54, 1.807) is 10.9 Å². The monoisotopic (exact) mass is 245 g/mol. The van der Waals surface area contributed by atoms with Gasteiger partial charge in [0.15, 0.2) is 0 Å². The quantitative estimate of drug-likeness (QED) is 0.832. The summed E-state index contributed by atoms with van der Waals surface area (Å²) in [5, 5.41) is 14.9. The standard InChI is InChI=1S/C11H20ClN3O/c1-4-15-10(9(12)6-14-15)11(16)8(5-13)7(2)3/h6-8,11,16H,4-5,13H2,1-3H3. The summed E-state index contributed by atoms with van der Waals surface area (Å²) in [6, 6.07) is 0. The molecule has 92 valence electrons. The Bertz CT molecular complexity index is 338. The molecule has 0 amide bonds. The summed E-state index contributed by atoms with van der Waals surface area (Å²) in [6.07, 6.45) is 0.914. The minimum Gasteiger partial charge on any atom is -0.386 e. The third-order valence-electron chi connectivity index (χ3n) is 2.95. The summed E-state index contributed by atoms with van der Waals surface area (Å²) in [5.41, 5.74) is 6.36. The largest absolute Gasteiger partial charge is 0.386 e. The van der Waals surface area contributed by atoms with E-state index in [0.29, 0.717) is 29.7 Å². The van der Waals surface area contributed by atoms with Crippen LogP contribution in [0.25, 0.3) is 0 Å². The lowest BCUT2D eigenvalue weighted by Crippen LogP contribution is -2.28. The average Bonchev–Trinajstić information content (AvgIpc) is 2.59. The highest BCUT2D eigenvalue weighted by atomic mass is 35.5. The van der Waals surface area contributed by atoms with E-state index in [1.165, 1.54) is 0 Å². The number of hydrogen-bond donors (Lipinski definition) is 2. The molecule has 0 aliphatic carbocycles. The number of hydrogen-bond acceptors (Lipinski definition) is 3. The van der Waals surface area contributed by atoms with Crippen molar-refractivity contribution in [2.75, 3.05) is 6.54 Å². The Balaban J connectivity index is 3.02. The van der Waals surface area contributed by atoms with Gasteiger partial charge in [-0.1, -0.05) is 25.4 Å². The van der Waals surface area contributed by atoms with Crippen molar-refractivity contribution in [1.29, 1.82) is 0 Å². The zero-order chi connectivity index (χ0) is 12.3. The third-order valence-corrected chi connectivity index (χ3v) is 3.24. The fraction of sp³-hybridized carbons (Fsp3) is 0.727. The first-order valence-electron chi connectivity index (χ1n) is 5.62. The molecular formula is C11H20ClN3O. The molecule has 2 unspecified atom stereocenters. The number of aryl methyl sites for hydroxylation is 1. The van der Waals surface area contributed by atoms with E-state index in [4.69, 9.17) is 17.3 Å². The summed E-state index contributed by atoms with van der Waals surface area (Å²) in [5.74, 6) is 0.302. The second kappa shape index (κ2) is 5.66. The molecule has 1 aromatic heterocycles. The van der Waals surface area contributed by atoms with Crippen LogP contribution in [0.5, 0.6) is 0 Å². The first kappa shape index (κ1) is 13.5. The number of rotatable bonds is 5. The molecular weight excluding hydrogens is 226 g/mol. The number of nitrogens with two attached hydrogens (primary N) is 1. The molecule has 4 nitrogen and oxygen atoms in total. The smallest absolute Gasteiger partial charge is 0.101 e. The van der Waals surface area contributed by atoms with Crippen LogP contribution in [0.2, 0.25) is 5.02 Å². The summed E-state index contributed by atoms with van der Waals surface area (Å²) in [6.45, 7) is 7.17. The molecule has 5 heteroatoms. The maximum Gasteiger partial charge on any atom is 0.101 e. The molecule has 0 aliphatic heterocycles. The molecule has 1 heterocycles. The van der Waals surface area contributed by atoms with Crippen molar-refractivity contribution < 1.29 is 5.11 Å². The highest BCUT2D eigenvalue weighted by molar-refractivity contribution is 6.31. The Morgan fingerprint density at radius 3 is 2.62 bits per heavy atom. The third kappa shape index (κ3) is 2.56. The summed E-state index contributed by atoms with van der Waals surface area (Å²) in [4.78, 5) is 0. The topological polar surface area (TPSA) is 64.1 Å². The number of aromatic nitrogens is 2. The SMILES string of the molecule is CCn1ncc(Cl)c1C(O)C(CN)C(C)C. The van der Waals surface area contributed by atoms with Crippen LogP contribution in [-0.2, 0) is 6.54 Å². The van der Waals surface area contributed by atoms with Crippen LogP contribution in [0.15, 0.2) is 6.20 Å². The van der Waals surface area contributed by atoms with E-state index in [2.05, 4.69) is 5.10 Å². The maximum atomic E-state index is 10.3. The molecule has 0 aliphatic rings. The Kier molecular flexibility index (Phi) is 4.77. The van der Waals surface area contributed by atoms with Crippen molar-refractivity contribution in [3.8, 4) is 0 Å². The lowest BCUT2D eigenvalue weighted by Gasteiger charge is -2.25. The van der Waals surface area contributed by atoms with Crippen molar-refractivity contribution in [3.63, 3.8) is 0 Å². The van der Waals surface area contributed by atoms with Gasteiger partial charge in [-0.15, -0.1) is 0 Å². The van der Waals surface area contributed by atoms with Gasteiger partial charge in [0.1, 0.15) is 6.10 Å². The average molecular weight is 246 g/mol. The second-order valence-corrected chi connectivity index (χ2v) is 4.69. The van der Waals surface area contributed by atoms with Gasteiger partial charge in [-0.05, 0) is 19.4 Å². The van der Waals surface area contributed by atoms with Gasteiger partial charge in [-0.25, -0.2) is 0 Å². The molecule has 1 rings (SSSR count). The van der Waals surface area contributed by atoms with Crippen LogP contribution >= 0.6 is 11.6 Å². The van der Waals surface area contributed by atoms with Crippen molar-refractivity contribution in [2.24, 2.45) is 17.6 Å². The van der Waals surface area contributed by atoms with E-state index >= 15 is 0 Å². The molecule has 1 aromatic rings. The van der Waals surface area contributed by atoms with Gasteiger partial charge in [-0.3, -0.25) is 4.68 Å². The van der Waals surface area contributed by atoms with Gasteiger partial charge in [0.05, 0.1) is 16.9 Å². The first-order valence-corrected chi connectivity index (χ1v) is 6.00. The molecule has 0 saturated carbocycles. The van der Waals surface area contributed by atoms with Crippen LogP contribution in [0, 0.1) is 11.8 Å². The Hall–Kier alpha value is -0.580. The minimum absolute atomic E-state index is 0.000463. The fourth-order valence-corrected chi connectivity index (χ4v) is 2.14. The normalized spacial score (nSPS) is 15.4. The molecule has 16 heavy (non-hydrogen) atoms. The van der Waals surface area contributed by atoms with E-state index < -0.39 is 6.10 Å². The van der Waals surface area contributed by atoms with Crippen LogP contribution in [0.3, 0.4) is 0 Å². The predicted octanol–water partition coefficient (Wildman–Crippen LogP) is 1.82. The van der Waals surface area contributed by atoms with Gasteiger partial charge in [0, 0.05) is 12.5 Å². The highest BCUT2D eigenvalue weighted by Crippen LogP contribution is 2.31. The summed E-state index contributed by atoms with van der Waals surface area (Å²) < 4.78 is 1.72. The molecule has 0 aromatic carbocycles. The van der Waals surface area contributed by atoms with Crippen molar-refractivity contribution in [3.05, 3.63) is 16.9 Å². The Morgan fingerprint density at radius 1 is 1.56 bits per heavy atom. The summed E-state index contributed by atoms with van der Waals surface area (Å²) in [7, 11) is 0. The molecule has 2 atom stereocenters. The molecule has 0 radical (unpaired) electrons. The molecule has 3 N–H and O–H groups in total. The van der Waals surface area contributed by atoms with Crippen LogP contribution in [0.1, 0.15) is 32.6 Å². The number of nitrogens with zero attached hydrogens (tertiary/aromatic N) is 2. The predicted molar refractivity (Wildman–Crippen MR) is 65.3 cm³/mol. The number of aliphatic hydroxyl groups is 1. The van der Waals surface area contributed by atoms with Gasteiger partial charge in [-0.2, -0.15) is 5.10 Å². The van der Waals surface area contributed by atoms with Gasteiger partial charge in [0.2, 0.25) is 0 Å². The Morgan fingerprint density at radius 2 is 2.19 bits per heavy atom. The van der Waals surface area contributed by atoms with Crippen molar-refractivity contribution in [1.82, 2.24) is 9.78 Å². The van der Waals surface area contributed by atoms with Crippen LogP contribution < -0.4 is 5.73 Å². The van der Waals surface area contributed by atoms with E-state index in [0.717, 1.165) is 0 Å². The number of halogens is 1. The lowest BCUT2D eigenvalue weighted by molar-refractivity contribution is 0.0780. The minimum atomic E-state index is -0.653. The zero-order valence-electron chi connectivity index (χ0n) is 10.0. The summed E-state index contributed by atoms with van der Waals surface area (Å²) >= 11 is 6.04. The van der Waals surface area contributed by atoms with Gasteiger partial charge < -0.3 is 10.8 Å². The van der Waals surface area contributed by atoms with Crippen LogP contribution in [0.4, 0.5) is 0 Å².